The molecule has 0 aliphatic rings. The molecule has 1 unspecified atom stereocenters. The number of hydrogen-bond donors (Lipinski definition) is 2. The average Bonchev–Trinajstić information content (AvgIpc) is 3.30. The summed E-state index contributed by atoms with van der Waals surface area (Å²) in [5.74, 6) is -1.59. The number of aromatic nitrogens is 2. The molecular weight excluding hydrogens is 348 g/mol. The number of carbonyl (C=O) groups excluding carboxylic acids is 3. The van der Waals surface area contributed by atoms with Crippen molar-refractivity contribution in [3.05, 3.63) is 72.0 Å². The largest absolute Gasteiger partial charge is 0.448 e. The minimum atomic E-state index is -1.10. The topological polar surface area (TPSA) is 120 Å². The summed E-state index contributed by atoms with van der Waals surface area (Å²) in [5, 5.41) is 2.59. The molecule has 8 nitrogen and oxygen atoms in total. The van der Waals surface area contributed by atoms with Gasteiger partial charge in [0, 0.05) is 12.5 Å². The number of nitrogens with zero attached hydrogens (tertiary/aromatic N) is 2. The number of nitrogens with one attached hydrogen (secondary N) is 1. The molecule has 138 valence electrons. The van der Waals surface area contributed by atoms with Crippen LogP contribution in [0.15, 0.2) is 59.3 Å². The Morgan fingerprint density at radius 1 is 1.19 bits per heavy atom. The zero-order valence-electron chi connectivity index (χ0n) is 14.6. The third-order valence-electron chi connectivity index (χ3n) is 4.04. The van der Waals surface area contributed by atoms with E-state index in [2.05, 4.69) is 10.3 Å². The molecule has 1 aromatic carbocycles. The van der Waals surface area contributed by atoms with Crippen LogP contribution < -0.4 is 11.1 Å². The zero-order chi connectivity index (χ0) is 19.4. The molecule has 0 saturated carbocycles. The van der Waals surface area contributed by atoms with Crippen LogP contribution in [0.5, 0.6) is 0 Å². The van der Waals surface area contributed by atoms with E-state index in [1.807, 2.05) is 6.07 Å². The molecule has 3 aromatic rings. The Morgan fingerprint density at radius 2 is 1.93 bits per heavy atom. The lowest BCUT2D eigenvalue weighted by Gasteiger charge is -2.17. The van der Waals surface area contributed by atoms with E-state index in [0.717, 1.165) is 5.56 Å². The third kappa shape index (κ3) is 3.95. The second kappa shape index (κ2) is 7.69. The molecular formula is C19H18N4O4. The number of rotatable bonds is 7. The highest BCUT2D eigenvalue weighted by atomic mass is 16.3. The molecule has 0 spiro atoms. The minimum Gasteiger partial charge on any atom is -0.448 e. The molecule has 0 fully saturated rings. The Kier molecular flexibility index (Phi) is 5.16. The maximum atomic E-state index is 12.8. The van der Waals surface area contributed by atoms with E-state index in [4.69, 9.17) is 10.2 Å². The molecule has 3 rings (SSSR count). The predicted molar refractivity (Wildman–Crippen MR) is 96.2 cm³/mol. The van der Waals surface area contributed by atoms with Crippen molar-refractivity contribution >= 4 is 17.6 Å². The van der Waals surface area contributed by atoms with Gasteiger partial charge in [-0.1, -0.05) is 30.3 Å². The molecule has 3 N–H and O–H groups in total. The first kappa shape index (κ1) is 18.1. The van der Waals surface area contributed by atoms with E-state index in [1.54, 1.807) is 43.3 Å². The third-order valence-corrected chi connectivity index (χ3v) is 4.04. The molecule has 0 aliphatic carbocycles. The van der Waals surface area contributed by atoms with Crippen LogP contribution in [0, 0.1) is 6.92 Å². The number of hydrogen-bond acceptors (Lipinski definition) is 5. The maximum absolute atomic E-state index is 12.8. The van der Waals surface area contributed by atoms with Gasteiger partial charge in [-0.3, -0.25) is 19.0 Å². The quantitative estimate of drug-likeness (QED) is 0.608. The fourth-order valence-electron chi connectivity index (χ4n) is 2.74. The van der Waals surface area contributed by atoms with Crippen LogP contribution in [0.2, 0.25) is 0 Å². The second-order valence-corrected chi connectivity index (χ2v) is 5.92. The molecule has 0 bridgehead atoms. The molecule has 2 aromatic heterocycles. The van der Waals surface area contributed by atoms with Gasteiger partial charge in [0.1, 0.15) is 17.6 Å². The van der Waals surface area contributed by atoms with Crippen molar-refractivity contribution in [2.24, 2.45) is 5.73 Å². The Morgan fingerprint density at radius 3 is 2.56 bits per heavy atom. The van der Waals surface area contributed by atoms with Crippen molar-refractivity contribution < 1.29 is 18.8 Å². The number of amides is 2. The highest BCUT2D eigenvalue weighted by Gasteiger charge is 2.27. The summed E-state index contributed by atoms with van der Waals surface area (Å²) in [7, 11) is 0. The number of primary amides is 1. The molecule has 27 heavy (non-hydrogen) atoms. The SMILES string of the molecule is Cc1ncc(C(=O)NC(Cc2ccccc2)C(=O)C(N)=O)n1-c1ccco1. The summed E-state index contributed by atoms with van der Waals surface area (Å²) in [6.45, 7) is 1.72. The van der Waals surface area contributed by atoms with Crippen LogP contribution in [0.3, 0.4) is 0 Å². The van der Waals surface area contributed by atoms with Crippen LogP contribution >= 0.6 is 0 Å². The van der Waals surface area contributed by atoms with Gasteiger partial charge in [-0.2, -0.15) is 0 Å². The normalized spacial score (nSPS) is 11.7. The number of ketones is 1. The molecule has 0 saturated heterocycles. The van der Waals surface area contributed by atoms with Crippen molar-refractivity contribution in [3.63, 3.8) is 0 Å². The minimum absolute atomic E-state index is 0.141. The fourth-order valence-corrected chi connectivity index (χ4v) is 2.74. The number of aryl methyl sites for hydroxylation is 1. The van der Waals surface area contributed by atoms with Crippen molar-refractivity contribution in [2.45, 2.75) is 19.4 Å². The predicted octanol–water partition coefficient (Wildman–Crippen LogP) is 1.17. The lowest BCUT2D eigenvalue weighted by Crippen LogP contribution is -2.47. The molecule has 1 atom stereocenters. The van der Waals surface area contributed by atoms with E-state index in [9.17, 15) is 14.4 Å². The second-order valence-electron chi connectivity index (χ2n) is 5.92. The van der Waals surface area contributed by atoms with Crippen molar-refractivity contribution in [2.75, 3.05) is 0 Å². The van der Waals surface area contributed by atoms with Gasteiger partial charge < -0.3 is 15.5 Å². The summed E-state index contributed by atoms with van der Waals surface area (Å²) < 4.78 is 6.86. The van der Waals surface area contributed by atoms with Crippen molar-refractivity contribution in [1.29, 1.82) is 0 Å². The summed E-state index contributed by atoms with van der Waals surface area (Å²) in [6.07, 6.45) is 3.00. The van der Waals surface area contributed by atoms with Crippen LogP contribution in [0.1, 0.15) is 21.9 Å². The molecule has 0 radical (unpaired) electrons. The van der Waals surface area contributed by atoms with Gasteiger partial charge in [0.25, 0.3) is 11.8 Å². The average molecular weight is 366 g/mol. The first-order valence-corrected chi connectivity index (χ1v) is 8.24. The lowest BCUT2D eigenvalue weighted by atomic mass is 10.0. The van der Waals surface area contributed by atoms with Gasteiger partial charge in [0.05, 0.1) is 12.5 Å². The first-order chi connectivity index (χ1) is 13.0. The lowest BCUT2D eigenvalue weighted by molar-refractivity contribution is -0.137. The van der Waals surface area contributed by atoms with Crippen LogP contribution in [0.25, 0.3) is 5.88 Å². The molecule has 8 heteroatoms. The Labute approximate surface area is 155 Å². The van der Waals surface area contributed by atoms with Crippen LogP contribution in [-0.4, -0.2) is 33.2 Å². The molecule has 0 aliphatic heterocycles. The van der Waals surface area contributed by atoms with E-state index in [0.29, 0.717) is 11.7 Å². The van der Waals surface area contributed by atoms with Crippen LogP contribution in [0.4, 0.5) is 0 Å². The Hall–Kier alpha value is -3.68. The van der Waals surface area contributed by atoms with Gasteiger partial charge in [-0.15, -0.1) is 0 Å². The van der Waals surface area contributed by atoms with E-state index < -0.39 is 23.6 Å². The number of imidazole rings is 1. The van der Waals surface area contributed by atoms with Crippen molar-refractivity contribution in [3.8, 4) is 5.88 Å². The number of carbonyl (C=O) groups is 3. The van der Waals surface area contributed by atoms with E-state index >= 15 is 0 Å². The fraction of sp³-hybridized carbons (Fsp3) is 0.158. The summed E-state index contributed by atoms with van der Waals surface area (Å²) in [6, 6.07) is 11.3. The zero-order valence-corrected chi connectivity index (χ0v) is 14.6. The first-order valence-electron chi connectivity index (χ1n) is 8.24. The summed E-state index contributed by atoms with van der Waals surface area (Å²) >= 11 is 0. The number of furan rings is 1. The van der Waals surface area contributed by atoms with Crippen LogP contribution in [-0.2, 0) is 16.0 Å². The smallest absolute Gasteiger partial charge is 0.287 e. The summed E-state index contributed by atoms with van der Waals surface area (Å²) in [5.41, 5.74) is 6.11. The Bertz CT molecular complexity index is 961. The number of Topliss-reactive ketones (excluding diaryl/α,β-unsaturated/α-hetero) is 1. The Balaban J connectivity index is 1.87. The van der Waals surface area contributed by atoms with Gasteiger partial charge in [-0.05, 0) is 18.6 Å². The molecule has 2 heterocycles. The monoisotopic (exact) mass is 366 g/mol. The van der Waals surface area contributed by atoms with E-state index in [1.165, 1.54) is 17.0 Å². The molecule has 2 amide bonds. The maximum Gasteiger partial charge on any atom is 0.287 e. The van der Waals surface area contributed by atoms with Gasteiger partial charge in [0.2, 0.25) is 11.7 Å². The standard InChI is InChI=1S/C19H18N4O4/c1-12-21-11-15(23(12)16-8-5-9-27-16)19(26)22-14(17(24)18(20)25)10-13-6-3-2-4-7-13/h2-9,11,14H,10H2,1H3,(H2,20,25)(H,22,26). The summed E-state index contributed by atoms with van der Waals surface area (Å²) in [4.78, 5) is 40.5. The van der Waals surface area contributed by atoms with Crippen molar-refractivity contribution in [1.82, 2.24) is 14.9 Å². The van der Waals surface area contributed by atoms with E-state index in [-0.39, 0.29) is 12.1 Å². The highest BCUT2D eigenvalue weighted by molar-refractivity contribution is 6.38. The number of benzene rings is 1. The van der Waals surface area contributed by atoms with Gasteiger partial charge in [-0.25, -0.2) is 4.98 Å². The number of nitrogens with two attached hydrogens (primary N) is 1. The highest BCUT2D eigenvalue weighted by Crippen LogP contribution is 2.15. The van der Waals surface area contributed by atoms with Gasteiger partial charge >= 0.3 is 0 Å². The van der Waals surface area contributed by atoms with Gasteiger partial charge in [0.15, 0.2) is 0 Å².